The molecule has 4 rings (SSSR count). The van der Waals surface area contributed by atoms with Crippen molar-refractivity contribution in [1.82, 2.24) is 5.32 Å². The number of hydrogen-bond donors (Lipinski definition) is 1. The molecule has 196 valence electrons. The maximum Gasteiger partial charge on any atom is 0.336 e. The summed E-state index contributed by atoms with van der Waals surface area (Å²) in [6.07, 6.45) is 1.12. The van der Waals surface area contributed by atoms with Crippen molar-refractivity contribution >= 4 is 39.3 Å². The van der Waals surface area contributed by atoms with Crippen molar-refractivity contribution in [2.75, 3.05) is 13.7 Å². The zero-order valence-corrected chi connectivity index (χ0v) is 24.0. The first-order valence-corrected chi connectivity index (χ1v) is 13.4. The SMILES string of the molecule is CCOC(=O)C1=C(C)NC2=C(C(=O)CC(C)(C)C2)C1c1ccc(OC)c(COc2ccc(Br)cc2Cl)c1. The summed E-state index contributed by atoms with van der Waals surface area (Å²) in [4.78, 5) is 26.7. The third-order valence-electron chi connectivity index (χ3n) is 6.65. The van der Waals surface area contributed by atoms with Crippen LogP contribution in [0.2, 0.25) is 5.02 Å². The minimum atomic E-state index is -0.556. The predicted molar refractivity (Wildman–Crippen MR) is 147 cm³/mol. The van der Waals surface area contributed by atoms with Gasteiger partial charge < -0.3 is 19.5 Å². The minimum absolute atomic E-state index is 0.0355. The number of carbonyl (C=O) groups excluding carboxylic acids is 2. The molecule has 1 aliphatic carbocycles. The van der Waals surface area contributed by atoms with Crippen LogP contribution in [0, 0.1) is 5.41 Å². The molecule has 6 nitrogen and oxygen atoms in total. The average molecular weight is 589 g/mol. The van der Waals surface area contributed by atoms with E-state index in [1.54, 1.807) is 26.2 Å². The maximum atomic E-state index is 13.5. The highest BCUT2D eigenvalue weighted by Crippen LogP contribution is 2.47. The number of benzene rings is 2. The largest absolute Gasteiger partial charge is 0.496 e. The molecule has 0 radical (unpaired) electrons. The van der Waals surface area contributed by atoms with Gasteiger partial charge in [-0.2, -0.15) is 0 Å². The first-order valence-electron chi connectivity index (χ1n) is 12.2. The molecule has 2 aliphatic rings. The molecule has 0 spiro atoms. The Morgan fingerprint density at radius 1 is 1.16 bits per heavy atom. The van der Waals surface area contributed by atoms with Crippen LogP contribution in [-0.2, 0) is 20.9 Å². The van der Waals surface area contributed by atoms with E-state index in [1.807, 2.05) is 31.2 Å². The third-order valence-corrected chi connectivity index (χ3v) is 7.44. The number of Topliss-reactive ketones (excluding diaryl/α,β-unsaturated/α-hetero) is 1. The van der Waals surface area contributed by atoms with Crippen molar-refractivity contribution in [3.05, 3.63) is 79.6 Å². The van der Waals surface area contributed by atoms with E-state index >= 15 is 0 Å². The second-order valence-electron chi connectivity index (χ2n) is 10.1. The fourth-order valence-corrected chi connectivity index (χ4v) is 5.82. The van der Waals surface area contributed by atoms with Crippen LogP contribution in [0.25, 0.3) is 0 Å². The lowest BCUT2D eigenvalue weighted by Gasteiger charge is -2.39. The van der Waals surface area contributed by atoms with E-state index in [4.69, 9.17) is 25.8 Å². The van der Waals surface area contributed by atoms with Gasteiger partial charge in [-0.05, 0) is 61.6 Å². The number of methoxy groups -OCH3 is 1. The number of ether oxygens (including phenoxy) is 3. The summed E-state index contributed by atoms with van der Waals surface area (Å²) in [5.41, 5.74) is 4.03. The van der Waals surface area contributed by atoms with Crippen LogP contribution >= 0.6 is 27.5 Å². The molecule has 2 aromatic rings. The van der Waals surface area contributed by atoms with Gasteiger partial charge in [0.1, 0.15) is 18.1 Å². The fourth-order valence-electron chi connectivity index (χ4n) is 5.09. The first-order chi connectivity index (χ1) is 17.5. The van der Waals surface area contributed by atoms with Gasteiger partial charge in [0.2, 0.25) is 0 Å². The van der Waals surface area contributed by atoms with Gasteiger partial charge in [0.05, 0.1) is 24.3 Å². The van der Waals surface area contributed by atoms with E-state index < -0.39 is 11.9 Å². The Morgan fingerprint density at radius 2 is 1.89 bits per heavy atom. The third kappa shape index (κ3) is 5.73. The quantitative estimate of drug-likeness (QED) is 0.356. The lowest BCUT2D eigenvalue weighted by atomic mass is 9.68. The van der Waals surface area contributed by atoms with Crippen LogP contribution in [-0.4, -0.2) is 25.5 Å². The molecule has 1 heterocycles. The number of rotatable bonds is 7. The van der Waals surface area contributed by atoms with Crippen LogP contribution in [0.5, 0.6) is 11.5 Å². The number of ketones is 1. The molecule has 2 aromatic carbocycles. The molecule has 1 aliphatic heterocycles. The summed E-state index contributed by atoms with van der Waals surface area (Å²) in [5.74, 6) is 0.219. The van der Waals surface area contributed by atoms with E-state index in [0.717, 1.165) is 21.3 Å². The monoisotopic (exact) mass is 587 g/mol. The highest BCUT2D eigenvalue weighted by molar-refractivity contribution is 9.10. The Balaban J connectivity index is 1.79. The Morgan fingerprint density at radius 3 is 2.57 bits per heavy atom. The molecule has 0 aromatic heterocycles. The van der Waals surface area contributed by atoms with Crippen LogP contribution in [0.1, 0.15) is 57.6 Å². The van der Waals surface area contributed by atoms with Gasteiger partial charge in [-0.1, -0.05) is 47.4 Å². The molecule has 0 bridgehead atoms. The van der Waals surface area contributed by atoms with Crippen molar-refractivity contribution in [3.63, 3.8) is 0 Å². The van der Waals surface area contributed by atoms with Gasteiger partial charge in [-0.3, -0.25) is 4.79 Å². The van der Waals surface area contributed by atoms with E-state index in [-0.39, 0.29) is 24.4 Å². The van der Waals surface area contributed by atoms with Gasteiger partial charge in [-0.25, -0.2) is 4.79 Å². The lowest BCUT2D eigenvalue weighted by molar-refractivity contribution is -0.138. The number of dihydropyridines is 1. The molecular formula is C29H31BrClNO5. The second kappa shape index (κ2) is 10.9. The van der Waals surface area contributed by atoms with Crippen molar-refractivity contribution in [3.8, 4) is 11.5 Å². The van der Waals surface area contributed by atoms with Gasteiger partial charge in [0.25, 0.3) is 0 Å². The van der Waals surface area contributed by atoms with Gasteiger partial charge in [-0.15, -0.1) is 0 Å². The van der Waals surface area contributed by atoms with Gasteiger partial charge in [0.15, 0.2) is 5.78 Å². The Hall–Kier alpha value is -2.77. The van der Waals surface area contributed by atoms with Crippen molar-refractivity contribution in [2.45, 2.75) is 53.1 Å². The van der Waals surface area contributed by atoms with E-state index in [1.165, 1.54) is 0 Å². The molecular weight excluding hydrogens is 558 g/mol. The number of allylic oxidation sites excluding steroid dienone is 3. The van der Waals surface area contributed by atoms with Crippen LogP contribution in [0.4, 0.5) is 0 Å². The Bertz CT molecular complexity index is 1310. The second-order valence-corrected chi connectivity index (χ2v) is 11.4. The summed E-state index contributed by atoms with van der Waals surface area (Å²) in [7, 11) is 1.59. The van der Waals surface area contributed by atoms with Crippen molar-refractivity contribution in [2.24, 2.45) is 5.41 Å². The summed E-state index contributed by atoms with van der Waals surface area (Å²) >= 11 is 9.75. The maximum absolute atomic E-state index is 13.5. The molecule has 8 heteroatoms. The highest BCUT2D eigenvalue weighted by Gasteiger charge is 2.43. The number of esters is 1. The smallest absolute Gasteiger partial charge is 0.336 e. The Kier molecular flexibility index (Phi) is 8.05. The van der Waals surface area contributed by atoms with Crippen LogP contribution in [0.15, 0.2) is 63.4 Å². The zero-order chi connectivity index (χ0) is 26.9. The van der Waals surface area contributed by atoms with Crippen LogP contribution in [0.3, 0.4) is 0 Å². The summed E-state index contributed by atoms with van der Waals surface area (Å²) in [5, 5.41) is 3.84. The predicted octanol–water partition coefficient (Wildman–Crippen LogP) is 6.86. The number of halogens is 2. The fraction of sp³-hybridized carbons (Fsp3) is 0.379. The van der Waals surface area contributed by atoms with Crippen molar-refractivity contribution < 1.29 is 23.8 Å². The van der Waals surface area contributed by atoms with E-state index in [2.05, 4.69) is 35.1 Å². The molecule has 0 amide bonds. The number of hydrogen-bond acceptors (Lipinski definition) is 6. The summed E-state index contributed by atoms with van der Waals surface area (Å²) < 4.78 is 17.9. The van der Waals surface area contributed by atoms with Gasteiger partial charge in [0, 0.05) is 39.3 Å². The molecule has 0 saturated carbocycles. The normalized spacial score (nSPS) is 18.8. The Labute approximate surface area is 231 Å². The topological polar surface area (TPSA) is 73.9 Å². The standard InChI is InChI=1S/C29H31BrClNO5/c1-6-36-28(34)25-16(2)32-21-13-29(3,4)14-22(33)27(21)26(25)17-7-9-23(35-5)18(11-17)15-37-24-10-8-19(30)12-20(24)31/h7-12,26,32H,6,13-15H2,1-5H3. The molecule has 1 atom stereocenters. The van der Waals surface area contributed by atoms with Gasteiger partial charge >= 0.3 is 5.97 Å². The van der Waals surface area contributed by atoms with E-state index in [0.29, 0.717) is 46.2 Å². The molecule has 0 fully saturated rings. The molecule has 1 N–H and O–H groups in total. The lowest BCUT2D eigenvalue weighted by Crippen LogP contribution is -2.38. The minimum Gasteiger partial charge on any atom is -0.496 e. The molecule has 1 unspecified atom stereocenters. The summed E-state index contributed by atoms with van der Waals surface area (Å²) in [6.45, 7) is 8.23. The van der Waals surface area contributed by atoms with Crippen LogP contribution < -0.4 is 14.8 Å². The molecule has 0 saturated heterocycles. The average Bonchev–Trinajstić information content (AvgIpc) is 2.81. The van der Waals surface area contributed by atoms with E-state index in [9.17, 15) is 9.59 Å². The zero-order valence-electron chi connectivity index (χ0n) is 21.7. The van der Waals surface area contributed by atoms with Crippen molar-refractivity contribution in [1.29, 1.82) is 0 Å². The highest BCUT2D eigenvalue weighted by atomic mass is 79.9. The molecule has 37 heavy (non-hydrogen) atoms. The summed E-state index contributed by atoms with van der Waals surface area (Å²) in [6, 6.07) is 11.1. The number of carbonyl (C=O) groups is 2. The number of nitrogens with one attached hydrogen (secondary N) is 1. The first kappa shape index (κ1) is 27.3.